The van der Waals surface area contributed by atoms with Gasteiger partial charge in [0.25, 0.3) is 0 Å². The molecule has 0 spiro atoms. The number of hydrogen-bond acceptors (Lipinski definition) is 7. The molecule has 0 aliphatic carbocycles. The SMILES string of the molecule is CSNc1cc(-c2ccc3ncc(C#N)c(NC(C)c4cccc(O)c4)c3c2)cnc1Cl. The van der Waals surface area contributed by atoms with Gasteiger partial charge in [0.2, 0.25) is 0 Å². The summed E-state index contributed by atoms with van der Waals surface area (Å²) in [4.78, 5) is 8.74. The van der Waals surface area contributed by atoms with Gasteiger partial charge in [-0.2, -0.15) is 5.26 Å². The van der Waals surface area contributed by atoms with Crippen molar-refractivity contribution in [2.24, 2.45) is 0 Å². The highest BCUT2D eigenvalue weighted by molar-refractivity contribution is 7.99. The fraction of sp³-hybridized carbons (Fsp3) is 0.125. The Bertz CT molecular complexity index is 1340. The molecular formula is C24H20ClN5OS. The van der Waals surface area contributed by atoms with Gasteiger partial charge in [-0.3, -0.25) is 4.98 Å². The molecule has 1 atom stereocenters. The summed E-state index contributed by atoms with van der Waals surface area (Å²) in [6.07, 6.45) is 5.21. The highest BCUT2D eigenvalue weighted by Crippen LogP contribution is 2.34. The number of aromatic nitrogens is 2. The number of anilines is 2. The largest absolute Gasteiger partial charge is 0.508 e. The predicted molar refractivity (Wildman–Crippen MR) is 132 cm³/mol. The van der Waals surface area contributed by atoms with Crippen LogP contribution in [0.1, 0.15) is 24.1 Å². The number of nitriles is 1. The monoisotopic (exact) mass is 461 g/mol. The molecule has 0 fully saturated rings. The second kappa shape index (κ2) is 9.35. The van der Waals surface area contributed by atoms with Crippen molar-refractivity contribution in [1.29, 1.82) is 5.26 Å². The van der Waals surface area contributed by atoms with Crippen molar-refractivity contribution in [2.75, 3.05) is 16.3 Å². The maximum atomic E-state index is 9.83. The molecule has 0 aliphatic rings. The van der Waals surface area contributed by atoms with Crippen molar-refractivity contribution in [3.63, 3.8) is 0 Å². The first-order valence-electron chi connectivity index (χ1n) is 9.83. The van der Waals surface area contributed by atoms with Crippen LogP contribution in [0.15, 0.2) is 60.9 Å². The van der Waals surface area contributed by atoms with E-state index in [2.05, 4.69) is 26.1 Å². The first kappa shape index (κ1) is 21.8. The Kier molecular flexibility index (Phi) is 6.35. The minimum atomic E-state index is -0.141. The van der Waals surface area contributed by atoms with Crippen LogP contribution in [0.3, 0.4) is 0 Å². The standard InChI is InChI=1S/C24H20ClN5OS/c1-14(15-4-3-5-19(31)8-15)29-23-18(11-26)13-27-21-7-6-16(9-20(21)23)17-10-22(30-32-2)24(25)28-12-17/h3-10,12-14,30-31H,1-2H3,(H,27,29). The molecule has 0 bridgehead atoms. The quantitative estimate of drug-likeness (QED) is 0.226. The summed E-state index contributed by atoms with van der Waals surface area (Å²) in [6.45, 7) is 1.98. The number of phenolic OH excluding ortho intramolecular Hbond substituents is 1. The van der Waals surface area contributed by atoms with Gasteiger partial charge in [0.15, 0.2) is 5.15 Å². The van der Waals surface area contributed by atoms with Gasteiger partial charge in [-0.1, -0.05) is 41.7 Å². The van der Waals surface area contributed by atoms with Crippen LogP contribution in [0, 0.1) is 11.3 Å². The van der Waals surface area contributed by atoms with Crippen molar-refractivity contribution in [2.45, 2.75) is 13.0 Å². The second-order valence-corrected chi connectivity index (χ2v) is 8.19. The smallest absolute Gasteiger partial charge is 0.152 e. The number of halogens is 1. The zero-order valence-corrected chi connectivity index (χ0v) is 19.0. The summed E-state index contributed by atoms with van der Waals surface area (Å²) >= 11 is 7.63. The van der Waals surface area contributed by atoms with E-state index < -0.39 is 0 Å². The van der Waals surface area contributed by atoms with Gasteiger partial charge in [-0.05, 0) is 48.4 Å². The van der Waals surface area contributed by atoms with Gasteiger partial charge in [0.05, 0.1) is 22.5 Å². The predicted octanol–water partition coefficient (Wildman–Crippen LogP) is 6.39. The number of rotatable bonds is 6. The van der Waals surface area contributed by atoms with Crippen molar-refractivity contribution >= 4 is 45.8 Å². The lowest BCUT2D eigenvalue weighted by molar-refractivity contribution is 0.474. The molecule has 0 saturated heterocycles. The minimum absolute atomic E-state index is 0.141. The third kappa shape index (κ3) is 4.42. The van der Waals surface area contributed by atoms with E-state index in [9.17, 15) is 10.4 Å². The van der Waals surface area contributed by atoms with E-state index in [-0.39, 0.29) is 11.8 Å². The Balaban J connectivity index is 1.80. The second-order valence-electron chi connectivity index (χ2n) is 7.22. The lowest BCUT2D eigenvalue weighted by atomic mass is 10.0. The lowest BCUT2D eigenvalue weighted by Gasteiger charge is -2.19. The molecule has 3 N–H and O–H groups in total. The van der Waals surface area contributed by atoms with E-state index in [0.29, 0.717) is 16.4 Å². The average Bonchev–Trinajstić information content (AvgIpc) is 2.80. The molecule has 160 valence electrons. The number of phenols is 1. The molecule has 0 saturated carbocycles. The molecule has 2 heterocycles. The summed E-state index contributed by atoms with van der Waals surface area (Å²) in [5.41, 5.74) is 5.36. The third-order valence-corrected chi connectivity index (χ3v) is 5.83. The van der Waals surface area contributed by atoms with E-state index in [1.54, 1.807) is 30.6 Å². The molecule has 4 rings (SSSR count). The van der Waals surface area contributed by atoms with Gasteiger partial charge in [-0.25, -0.2) is 4.98 Å². The molecule has 4 aromatic rings. The fourth-order valence-electron chi connectivity index (χ4n) is 3.49. The van der Waals surface area contributed by atoms with Crippen molar-refractivity contribution in [3.05, 3.63) is 77.2 Å². The number of fused-ring (bicyclic) bond motifs is 1. The Morgan fingerprint density at radius 2 is 1.94 bits per heavy atom. The van der Waals surface area contributed by atoms with Gasteiger partial charge in [-0.15, -0.1) is 0 Å². The van der Waals surface area contributed by atoms with E-state index in [1.165, 1.54) is 11.9 Å². The molecule has 8 heteroatoms. The van der Waals surface area contributed by atoms with Crippen molar-refractivity contribution in [1.82, 2.24) is 9.97 Å². The highest BCUT2D eigenvalue weighted by atomic mass is 35.5. The topological polar surface area (TPSA) is 93.9 Å². The van der Waals surface area contributed by atoms with Gasteiger partial charge < -0.3 is 15.1 Å². The molecule has 0 aliphatic heterocycles. The van der Waals surface area contributed by atoms with Gasteiger partial charge in [0, 0.05) is 35.6 Å². The molecule has 2 aromatic heterocycles. The molecule has 32 heavy (non-hydrogen) atoms. The highest BCUT2D eigenvalue weighted by Gasteiger charge is 2.15. The number of nitrogens with one attached hydrogen (secondary N) is 2. The maximum Gasteiger partial charge on any atom is 0.152 e. The molecule has 1 unspecified atom stereocenters. The van der Waals surface area contributed by atoms with Crippen LogP contribution in [0.2, 0.25) is 5.15 Å². The zero-order valence-electron chi connectivity index (χ0n) is 17.4. The lowest BCUT2D eigenvalue weighted by Crippen LogP contribution is -2.08. The van der Waals surface area contributed by atoms with Crippen LogP contribution in [0.25, 0.3) is 22.0 Å². The Morgan fingerprint density at radius 3 is 2.69 bits per heavy atom. The fourth-order valence-corrected chi connectivity index (χ4v) is 4.08. The summed E-state index contributed by atoms with van der Waals surface area (Å²) in [7, 11) is 0. The van der Waals surface area contributed by atoms with Gasteiger partial charge in [0.1, 0.15) is 11.8 Å². The van der Waals surface area contributed by atoms with Crippen molar-refractivity contribution in [3.8, 4) is 22.9 Å². The molecule has 6 nitrogen and oxygen atoms in total. The summed E-state index contributed by atoms with van der Waals surface area (Å²) in [5.74, 6) is 0.198. The number of hydrogen-bond donors (Lipinski definition) is 3. The van der Waals surface area contributed by atoms with Crippen LogP contribution in [0.4, 0.5) is 11.4 Å². The third-order valence-electron chi connectivity index (χ3n) is 5.10. The molecule has 0 amide bonds. The van der Waals surface area contributed by atoms with Crippen LogP contribution < -0.4 is 10.0 Å². The Hall–Kier alpha value is -3.47. The Labute approximate surface area is 195 Å². The van der Waals surface area contributed by atoms with Crippen LogP contribution >= 0.6 is 23.5 Å². The van der Waals surface area contributed by atoms with E-state index in [0.717, 1.165) is 33.3 Å². The van der Waals surface area contributed by atoms with E-state index in [4.69, 9.17) is 11.6 Å². The summed E-state index contributed by atoms with van der Waals surface area (Å²) in [6, 6.07) is 17.0. The molecule has 0 radical (unpaired) electrons. The Morgan fingerprint density at radius 1 is 1.09 bits per heavy atom. The average molecular weight is 462 g/mol. The van der Waals surface area contributed by atoms with Crippen LogP contribution in [-0.2, 0) is 0 Å². The molecule has 2 aromatic carbocycles. The van der Waals surface area contributed by atoms with Crippen LogP contribution in [-0.4, -0.2) is 21.3 Å². The van der Waals surface area contributed by atoms with Gasteiger partial charge >= 0.3 is 0 Å². The maximum absolute atomic E-state index is 9.83. The first-order chi connectivity index (χ1) is 15.5. The molecular weight excluding hydrogens is 442 g/mol. The van der Waals surface area contributed by atoms with Crippen molar-refractivity contribution < 1.29 is 5.11 Å². The number of benzene rings is 2. The van der Waals surface area contributed by atoms with E-state index >= 15 is 0 Å². The van der Waals surface area contributed by atoms with Crippen LogP contribution in [0.5, 0.6) is 5.75 Å². The zero-order chi connectivity index (χ0) is 22.7. The summed E-state index contributed by atoms with van der Waals surface area (Å²) in [5, 5.41) is 24.2. The number of aromatic hydroxyl groups is 1. The number of pyridine rings is 2. The summed E-state index contributed by atoms with van der Waals surface area (Å²) < 4.78 is 3.14. The number of nitrogens with zero attached hydrogens (tertiary/aromatic N) is 3. The minimum Gasteiger partial charge on any atom is -0.508 e. The van der Waals surface area contributed by atoms with E-state index in [1.807, 2.05) is 43.5 Å². The first-order valence-corrected chi connectivity index (χ1v) is 11.4. The normalized spacial score (nSPS) is 11.7.